The number of benzene rings is 1. The molecule has 1 fully saturated rings. The van der Waals surface area contributed by atoms with Crippen LogP contribution in [0.15, 0.2) is 36.7 Å². The van der Waals surface area contributed by atoms with E-state index in [0.29, 0.717) is 24.5 Å². The van der Waals surface area contributed by atoms with Gasteiger partial charge in [-0.15, -0.1) is 5.53 Å². The summed E-state index contributed by atoms with van der Waals surface area (Å²) in [6.07, 6.45) is 3.69. The molecule has 3 unspecified atom stereocenters. The second-order valence-corrected chi connectivity index (χ2v) is 8.99. The molecule has 6 N–H and O–H groups in total. The van der Waals surface area contributed by atoms with E-state index >= 15 is 0 Å². The van der Waals surface area contributed by atoms with Crippen LogP contribution in [0.1, 0.15) is 24.8 Å². The maximum absolute atomic E-state index is 11.0. The van der Waals surface area contributed by atoms with Crippen LogP contribution < -0.4 is 26.4 Å². The summed E-state index contributed by atoms with van der Waals surface area (Å²) in [5.74, 6) is 1.03. The number of nitrogens with zero attached hydrogens (tertiary/aromatic N) is 3. The van der Waals surface area contributed by atoms with Gasteiger partial charge in [0.1, 0.15) is 12.0 Å². The molecule has 2 aromatic rings. The van der Waals surface area contributed by atoms with E-state index < -0.39 is 16.4 Å². The van der Waals surface area contributed by atoms with Gasteiger partial charge < -0.3 is 10.4 Å². The highest BCUT2D eigenvalue weighted by Gasteiger charge is 2.40. The third-order valence-electron chi connectivity index (χ3n) is 5.58. The molecule has 0 saturated heterocycles. The molecule has 168 valence electrons. The molecule has 1 saturated carbocycles. The Kier molecular flexibility index (Phi) is 6.53. The van der Waals surface area contributed by atoms with E-state index in [0.717, 1.165) is 25.1 Å². The van der Waals surface area contributed by atoms with Gasteiger partial charge in [0.15, 0.2) is 11.6 Å². The van der Waals surface area contributed by atoms with Gasteiger partial charge in [0, 0.05) is 12.5 Å². The molecule has 0 spiro atoms. The fraction of sp³-hybridized carbons (Fsp3) is 0.474. The Morgan fingerprint density at radius 1 is 1.26 bits per heavy atom. The number of aryl methyl sites for hydroxylation is 1. The number of aliphatic hydroxyl groups is 1. The summed E-state index contributed by atoms with van der Waals surface area (Å²) in [5, 5.41) is 20.4. The molecule has 12 heteroatoms. The van der Waals surface area contributed by atoms with E-state index in [1.807, 2.05) is 23.2 Å². The van der Waals surface area contributed by atoms with Crippen LogP contribution in [-0.2, 0) is 20.9 Å². The number of nitrogens with two attached hydrogens (primary N) is 1. The Morgan fingerprint density at radius 3 is 2.84 bits per heavy atom. The van der Waals surface area contributed by atoms with Crippen molar-refractivity contribution in [1.82, 2.24) is 15.5 Å². The van der Waals surface area contributed by atoms with Gasteiger partial charge in [-0.1, -0.05) is 30.3 Å². The largest absolute Gasteiger partial charge is 0.393 e. The molecule has 4 rings (SSSR count). The minimum Gasteiger partial charge on any atom is -0.393 e. The standard InChI is InChI=1S/C19H27N7O4S/c20-31(28,29)30-11-14-9-15(10-16(14)27)26-19-17(24-25-26)18(22-12-23-19)21-8-4-7-13-5-2-1-3-6-13/h1-3,5-6,12,14-16,24-25,27H,4,7-11H2,(H2,20,28,29)(H,21,22,23). The molecule has 31 heavy (non-hydrogen) atoms. The van der Waals surface area contributed by atoms with Crippen LogP contribution in [0.5, 0.6) is 0 Å². The molecule has 1 aliphatic heterocycles. The van der Waals surface area contributed by atoms with Crippen LogP contribution in [0.3, 0.4) is 0 Å². The molecule has 0 bridgehead atoms. The first kappa shape index (κ1) is 21.7. The predicted octanol–water partition coefficient (Wildman–Crippen LogP) is 0.532. The smallest absolute Gasteiger partial charge is 0.333 e. The van der Waals surface area contributed by atoms with Crippen LogP contribution in [0.4, 0.5) is 17.3 Å². The summed E-state index contributed by atoms with van der Waals surface area (Å²) in [4.78, 5) is 8.72. The number of fused-ring (bicyclic) bond motifs is 1. The molecular weight excluding hydrogens is 422 g/mol. The van der Waals surface area contributed by atoms with Gasteiger partial charge in [-0.05, 0) is 31.2 Å². The summed E-state index contributed by atoms with van der Waals surface area (Å²) < 4.78 is 26.7. The number of rotatable bonds is 9. The lowest BCUT2D eigenvalue weighted by molar-refractivity contribution is 0.101. The second-order valence-electron chi connectivity index (χ2n) is 7.77. The first-order chi connectivity index (χ1) is 14.9. The van der Waals surface area contributed by atoms with Crippen molar-refractivity contribution in [3.63, 3.8) is 0 Å². The molecule has 2 heterocycles. The van der Waals surface area contributed by atoms with Crippen LogP contribution in [0.2, 0.25) is 0 Å². The second kappa shape index (κ2) is 9.32. The van der Waals surface area contributed by atoms with Gasteiger partial charge in [0.25, 0.3) is 0 Å². The monoisotopic (exact) mass is 449 g/mol. The van der Waals surface area contributed by atoms with Crippen molar-refractivity contribution in [2.75, 3.05) is 28.9 Å². The van der Waals surface area contributed by atoms with Gasteiger partial charge in [0.2, 0.25) is 0 Å². The lowest BCUT2D eigenvalue weighted by atomic mass is 10.1. The zero-order valence-electron chi connectivity index (χ0n) is 16.9. The molecule has 1 aliphatic carbocycles. The molecule has 1 aromatic heterocycles. The Hall–Kier alpha value is -2.51. The minimum absolute atomic E-state index is 0.0985. The SMILES string of the molecule is NS(=O)(=O)OCC1CC(N2NNc3c(NCCCc4ccccc4)ncnc32)CC1O. The number of anilines is 3. The third-order valence-corrected chi connectivity index (χ3v) is 6.04. The van der Waals surface area contributed by atoms with E-state index in [9.17, 15) is 13.5 Å². The molecular formula is C19H27N7O4S. The number of hydrogen-bond acceptors (Lipinski definition) is 10. The molecule has 0 radical (unpaired) electrons. The molecule has 3 atom stereocenters. The van der Waals surface area contributed by atoms with E-state index in [1.54, 1.807) is 0 Å². The molecule has 2 aliphatic rings. The van der Waals surface area contributed by atoms with Crippen molar-refractivity contribution in [2.45, 2.75) is 37.8 Å². The average molecular weight is 450 g/mol. The average Bonchev–Trinajstić information content (AvgIpc) is 3.33. The van der Waals surface area contributed by atoms with Crippen molar-refractivity contribution >= 4 is 27.6 Å². The summed E-state index contributed by atoms with van der Waals surface area (Å²) >= 11 is 0. The summed E-state index contributed by atoms with van der Waals surface area (Å²) in [7, 11) is -4.04. The zero-order chi connectivity index (χ0) is 21.8. The maximum atomic E-state index is 11.0. The first-order valence-corrected chi connectivity index (χ1v) is 11.7. The van der Waals surface area contributed by atoms with Gasteiger partial charge in [0.05, 0.1) is 18.8 Å². The van der Waals surface area contributed by atoms with Crippen LogP contribution in [0.25, 0.3) is 0 Å². The Labute approximate surface area is 181 Å². The van der Waals surface area contributed by atoms with Gasteiger partial charge in [-0.25, -0.2) is 15.1 Å². The van der Waals surface area contributed by atoms with Crippen molar-refractivity contribution in [3.8, 4) is 0 Å². The number of nitrogens with one attached hydrogen (secondary N) is 3. The fourth-order valence-corrected chi connectivity index (χ4v) is 4.40. The van der Waals surface area contributed by atoms with Crippen LogP contribution >= 0.6 is 0 Å². The normalized spacial score (nSPS) is 22.9. The third kappa shape index (κ3) is 5.40. The highest BCUT2D eigenvalue weighted by molar-refractivity contribution is 7.84. The van der Waals surface area contributed by atoms with E-state index in [1.165, 1.54) is 11.9 Å². The van der Waals surface area contributed by atoms with Crippen molar-refractivity contribution in [1.29, 1.82) is 0 Å². The summed E-state index contributed by atoms with van der Waals surface area (Å²) in [5.41, 5.74) is 8.21. The molecule has 11 nitrogen and oxygen atoms in total. The zero-order valence-corrected chi connectivity index (χ0v) is 17.8. The molecule has 0 amide bonds. The van der Waals surface area contributed by atoms with Gasteiger partial charge in [-0.2, -0.15) is 8.42 Å². The first-order valence-electron chi connectivity index (χ1n) is 10.2. The van der Waals surface area contributed by atoms with Crippen molar-refractivity contribution < 1.29 is 17.7 Å². The number of hydrogen-bond donors (Lipinski definition) is 5. The highest BCUT2D eigenvalue weighted by Crippen LogP contribution is 2.38. The topological polar surface area (TPSA) is 155 Å². The van der Waals surface area contributed by atoms with E-state index in [4.69, 9.17) is 5.14 Å². The minimum atomic E-state index is -4.04. The van der Waals surface area contributed by atoms with Crippen LogP contribution in [-0.4, -0.2) is 48.8 Å². The fourth-order valence-electron chi connectivity index (χ4n) is 4.03. The van der Waals surface area contributed by atoms with Gasteiger partial charge in [-0.3, -0.25) is 14.6 Å². The van der Waals surface area contributed by atoms with Crippen molar-refractivity contribution in [2.24, 2.45) is 11.1 Å². The Bertz CT molecular complexity index is 992. The highest BCUT2D eigenvalue weighted by atomic mass is 32.2. The Balaban J connectivity index is 1.35. The van der Waals surface area contributed by atoms with Gasteiger partial charge >= 0.3 is 10.3 Å². The summed E-state index contributed by atoms with van der Waals surface area (Å²) in [6, 6.07) is 10.2. The Morgan fingerprint density at radius 2 is 2.06 bits per heavy atom. The lowest BCUT2D eigenvalue weighted by Gasteiger charge is -2.24. The number of aromatic nitrogens is 2. The molecule has 1 aromatic carbocycles. The van der Waals surface area contributed by atoms with E-state index in [-0.39, 0.29) is 18.6 Å². The van der Waals surface area contributed by atoms with Crippen molar-refractivity contribution in [3.05, 3.63) is 42.2 Å². The quantitative estimate of drug-likeness (QED) is 0.342. The number of hydrazine groups is 2. The predicted molar refractivity (Wildman–Crippen MR) is 116 cm³/mol. The maximum Gasteiger partial charge on any atom is 0.333 e. The summed E-state index contributed by atoms with van der Waals surface area (Å²) in [6.45, 7) is 0.609. The van der Waals surface area contributed by atoms with Crippen LogP contribution in [0, 0.1) is 5.92 Å². The lowest BCUT2D eigenvalue weighted by Crippen LogP contribution is -2.43. The number of aliphatic hydroxyl groups excluding tert-OH is 1. The van der Waals surface area contributed by atoms with E-state index in [2.05, 4.69) is 42.6 Å².